The Kier molecular flexibility index (Phi) is 5.25. The first-order valence-electron chi connectivity index (χ1n) is 8.11. The summed E-state index contributed by atoms with van der Waals surface area (Å²) in [6, 6.07) is 3.66. The Bertz CT molecular complexity index is 573. The van der Waals surface area contributed by atoms with Crippen molar-refractivity contribution in [3.8, 4) is 5.75 Å². The summed E-state index contributed by atoms with van der Waals surface area (Å²) in [4.78, 5) is 16.2. The molecule has 6 nitrogen and oxygen atoms in total. The van der Waals surface area contributed by atoms with Crippen molar-refractivity contribution in [2.45, 2.75) is 12.8 Å². The van der Waals surface area contributed by atoms with Crippen LogP contribution in [0.2, 0.25) is 5.02 Å². The van der Waals surface area contributed by atoms with Gasteiger partial charge in [0.05, 0.1) is 11.4 Å². The molecule has 0 unspecified atom stereocenters. The molecule has 3 N–H and O–H groups in total. The number of nitrogens with zero attached hydrogens (tertiary/aromatic N) is 2. The quantitative estimate of drug-likeness (QED) is 0.797. The van der Waals surface area contributed by atoms with Crippen LogP contribution in [0.15, 0.2) is 12.1 Å². The van der Waals surface area contributed by atoms with E-state index in [0.29, 0.717) is 10.7 Å². The number of amides is 1. The zero-order chi connectivity index (χ0) is 16.2. The van der Waals surface area contributed by atoms with Crippen molar-refractivity contribution in [3.05, 3.63) is 17.2 Å². The van der Waals surface area contributed by atoms with Gasteiger partial charge >= 0.3 is 0 Å². The number of fused-ring (bicyclic) bond motifs is 1. The van der Waals surface area contributed by atoms with Crippen LogP contribution in [0.5, 0.6) is 5.75 Å². The van der Waals surface area contributed by atoms with E-state index in [9.17, 15) is 4.79 Å². The first kappa shape index (κ1) is 16.4. The van der Waals surface area contributed by atoms with Gasteiger partial charge in [0.1, 0.15) is 0 Å². The van der Waals surface area contributed by atoms with E-state index in [1.54, 1.807) is 6.07 Å². The molecule has 2 aliphatic rings. The maximum Gasteiger partial charge on any atom is 0.262 e. The third-order valence-electron chi connectivity index (χ3n) is 4.30. The molecule has 2 heterocycles. The molecule has 2 aliphatic heterocycles. The molecule has 1 fully saturated rings. The van der Waals surface area contributed by atoms with Crippen molar-refractivity contribution >= 4 is 28.9 Å². The van der Waals surface area contributed by atoms with E-state index < -0.39 is 0 Å². The summed E-state index contributed by atoms with van der Waals surface area (Å²) < 4.78 is 5.64. The number of nitrogens with one attached hydrogen (secondary N) is 1. The molecule has 23 heavy (non-hydrogen) atoms. The molecule has 3 rings (SSSR count). The highest BCUT2D eigenvalue weighted by molar-refractivity contribution is 6.31. The number of benzene rings is 1. The van der Waals surface area contributed by atoms with Crippen LogP contribution < -0.4 is 20.7 Å². The van der Waals surface area contributed by atoms with Crippen LogP contribution >= 0.6 is 11.6 Å². The van der Waals surface area contributed by atoms with Gasteiger partial charge in [0.15, 0.2) is 12.4 Å². The lowest BCUT2D eigenvalue weighted by Gasteiger charge is -2.37. The van der Waals surface area contributed by atoms with E-state index in [0.717, 1.165) is 63.5 Å². The lowest BCUT2D eigenvalue weighted by molar-refractivity contribution is -0.118. The Labute approximate surface area is 141 Å². The number of halogens is 1. The number of hydrogen-bond donors (Lipinski definition) is 2. The highest BCUT2D eigenvalue weighted by atomic mass is 35.5. The summed E-state index contributed by atoms with van der Waals surface area (Å²) in [6.45, 7) is 5.79. The number of carbonyl (C=O) groups is 1. The lowest BCUT2D eigenvalue weighted by Crippen LogP contribution is -2.47. The monoisotopic (exact) mass is 338 g/mol. The summed E-state index contributed by atoms with van der Waals surface area (Å²) >= 11 is 6.21. The number of hydrogen-bond acceptors (Lipinski definition) is 5. The Morgan fingerprint density at radius 1 is 1.22 bits per heavy atom. The summed E-state index contributed by atoms with van der Waals surface area (Å²) in [5.41, 5.74) is 7.18. The van der Waals surface area contributed by atoms with Gasteiger partial charge in [0.2, 0.25) is 0 Å². The van der Waals surface area contributed by atoms with E-state index in [-0.39, 0.29) is 12.5 Å². The normalized spacial score (nSPS) is 18.3. The van der Waals surface area contributed by atoms with E-state index in [1.807, 2.05) is 6.07 Å². The average molecular weight is 339 g/mol. The minimum Gasteiger partial charge on any atom is -0.479 e. The molecule has 0 aliphatic carbocycles. The molecular weight excluding hydrogens is 316 g/mol. The highest BCUT2D eigenvalue weighted by Crippen LogP contribution is 2.41. The summed E-state index contributed by atoms with van der Waals surface area (Å²) in [5, 5.41) is 3.43. The van der Waals surface area contributed by atoms with Crippen molar-refractivity contribution in [2.75, 3.05) is 56.1 Å². The molecule has 1 amide bonds. The maximum atomic E-state index is 11.5. The topological polar surface area (TPSA) is 70.8 Å². The third-order valence-corrected chi connectivity index (χ3v) is 4.52. The lowest BCUT2D eigenvalue weighted by atomic mass is 10.1. The number of nitrogens with two attached hydrogens (primary N) is 1. The minimum atomic E-state index is -0.143. The SMILES string of the molecule is NCCCCN1CCN(c2cc(Cl)cc3c2OCC(=O)N3)CC1. The van der Waals surface area contributed by atoms with Gasteiger partial charge in [-0.3, -0.25) is 9.69 Å². The van der Waals surface area contributed by atoms with Crippen molar-refractivity contribution in [3.63, 3.8) is 0 Å². The van der Waals surface area contributed by atoms with Gasteiger partial charge < -0.3 is 20.7 Å². The van der Waals surface area contributed by atoms with E-state index in [2.05, 4.69) is 15.1 Å². The Morgan fingerprint density at radius 3 is 2.74 bits per heavy atom. The second-order valence-corrected chi connectivity index (χ2v) is 6.40. The Morgan fingerprint density at radius 2 is 2.00 bits per heavy atom. The molecule has 0 atom stereocenters. The Balaban J connectivity index is 1.68. The van der Waals surface area contributed by atoms with Crippen LogP contribution in [0, 0.1) is 0 Å². The Hall–Kier alpha value is -1.50. The van der Waals surface area contributed by atoms with Crippen molar-refractivity contribution in [1.29, 1.82) is 0 Å². The van der Waals surface area contributed by atoms with E-state index >= 15 is 0 Å². The van der Waals surface area contributed by atoms with Gasteiger partial charge in [-0.15, -0.1) is 0 Å². The predicted molar refractivity (Wildman–Crippen MR) is 92.5 cm³/mol. The van der Waals surface area contributed by atoms with E-state index in [1.165, 1.54) is 0 Å². The van der Waals surface area contributed by atoms with Gasteiger partial charge in [-0.25, -0.2) is 0 Å². The molecule has 0 saturated carbocycles. The second-order valence-electron chi connectivity index (χ2n) is 5.96. The zero-order valence-electron chi connectivity index (χ0n) is 13.2. The van der Waals surface area contributed by atoms with Crippen molar-refractivity contribution in [1.82, 2.24) is 4.90 Å². The third kappa shape index (κ3) is 3.88. The maximum absolute atomic E-state index is 11.5. The number of carbonyl (C=O) groups excluding carboxylic acids is 1. The molecule has 7 heteroatoms. The standard InChI is InChI=1S/C16H23ClN4O2/c17-12-9-13-16(23-11-15(22)19-13)14(10-12)21-7-5-20(6-8-21)4-2-1-3-18/h9-10H,1-8,11,18H2,(H,19,22). The summed E-state index contributed by atoms with van der Waals surface area (Å²) in [7, 11) is 0. The molecule has 0 aromatic heterocycles. The van der Waals surface area contributed by atoms with Gasteiger partial charge in [-0.2, -0.15) is 0 Å². The molecule has 1 aromatic carbocycles. The fourth-order valence-electron chi connectivity index (χ4n) is 3.07. The molecule has 0 radical (unpaired) electrons. The predicted octanol–water partition coefficient (Wildman–Crippen LogP) is 1.53. The fraction of sp³-hybridized carbons (Fsp3) is 0.562. The van der Waals surface area contributed by atoms with Crippen LogP contribution in [-0.4, -0.2) is 56.7 Å². The van der Waals surface area contributed by atoms with Gasteiger partial charge in [-0.05, 0) is 38.1 Å². The largest absolute Gasteiger partial charge is 0.479 e. The molecule has 1 saturated heterocycles. The van der Waals surface area contributed by atoms with Crippen LogP contribution in [0.1, 0.15) is 12.8 Å². The average Bonchev–Trinajstić information content (AvgIpc) is 2.54. The fourth-order valence-corrected chi connectivity index (χ4v) is 3.29. The minimum absolute atomic E-state index is 0.0562. The van der Waals surface area contributed by atoms with Crippen molar-refractivity contribution in [2.24, 2.45) is 5.73 Å². The van der Waals surface area contributed by atoms with Gasteiger partial charge in [0, 0.05) is 31.2 Å². The van der Waals surface area contributed by atoms with Gasteiger partial charge in [0.25, 0.3) is 5.91 Å². The van der Waals surface area contributed by atoms with Crippen molar-refractivity contribution < 1.29 is 9.53 Å². The number of rotatable bonds is 5. The molecule has 0 spiro atoms. The first-order valence-corrected chi connectivity index (χ1v) is 8.49. The van der Waals surface area contributed by atoms with Crippen LogP contribution in [0.25, 0.3) is 0 Å². The number of anilines is 2. The molecule has 126 valence electrons. The molecule has 0 bridgehead atoms. The van der Waals surface area contributed by atoms with E-state index in [4.69, 9.17) is 22.1 Å². The van der Waals surface area contributed by atoms with Gasteiger partial charge in [-0.1, -0.05) is 11.6 Å². The highest BCUT2D eigenvalue weighted by Gasteiger charge is 2.25. The summed E-state index contributed by atoms with van der Waals surface area (Å²) in [5.74, 6) is 0.584. The van der Waals surface area contributed by atoms with Crippen LogP contribution in [0.4, 0.5) is 11.4 Å². The number of ether oxygens (including phenoxy) is 1. The first-order chi connectivity index (χ1) is 11.2. The van der Waals surface area contributed by atoms with Crippen LogP contribution in [-0.2, 0) is 4.79 Å². The summed E-state index contributed by atoms with van der Waals surface area (Å²) in [6.07, 6.45) is 2.23. The molecule has 1 aromatic rings. The number of unbranched alkanes of at least 4 members (excludes halogenated alkanes) is 1. The smallest absolute Gasteiger partial charge is 0.262 e. The second kappa shape index (κ2) is 7.38. The number of piperazine rings is 1. The van der Waals surface area contributed by atoms with Crippen LogP contribution in [0.3, 0.4) is 0 Å². The zero-order valence-corrected chi connectivity index (χ0v) is 13.9. The molecular formula is C16H23ClN4O2.